The number of halogens is 3. The van der Waals surface area contributed by atoms with Crippen molar-refractivity contribution in [1.29, 1.82) is 0 Å². The molecule has 1 aromatic carbocycles. The van der Waals surface area contributed by atoms with E-state index in [1.807, 2.05) is 0 Å². The van der Waals surface area contributed by atoms with Gasteiger partial charge in [-0.05, 0) is 24.3 Å². The number of aromatic nitrogens is 4. The number of phenols is 1. The van der Waals surface area contributed by atoms with Gasteiger partial charge in [-0.25, -0.2) is 4.68 Å². The minimum absolute atomic E-state index is 0.00773. The Bertz CT molecular complexity index is 1040. The lowest BCUT2D eigenvalue weighted by molar-refractivity contribution is -0.141. The summed E-state index contributed by atoms with van der Waals surface area (Å²) >= 11 is 0. The predicted molar refractivity (Wildman–Crippen MR) is 88.2 cm³/mol. The SMILES string of the molecule is COc1ccc(O)c(C(=O)c2cnn(C(=O)Cn3ccc(C(F)(F)F)n3)c2)c1. The maximum atomic E-state index is 12.6. The lowest BCUT2D eigenvalue weighted by atomic mass is 10.1. The van der Waals surface area contributed by atoms with Crippen LogP contribution in [0.25, 0.3) is 0 Å². The van der Waals surface area contributed by atoms with E-state index in [0.29, 0.717) is 5.75 Å². The van der Waals surface area contributed by atoms with Crippen molar-refractivity contribution < 1.29 is 32.6 Å². The van der Waals surface area contributed by atoms with E-state index < -0.39 is 30.1 Å². The van der Waals surface area contributed by atoms with E-state index in [1.165, 1.54) is 25.3 Å². The first kappa shape index (κ1) is 19.1. The molecule has 11 heteroatoms. The highest BCUT2D eigenvalue weighted by Crippen LogP contribution is 2.27. The van der Waals surface area contributed by atoms with Gasteiger partial charge in [0.05, 0.1) is 24.4 Å². The third-order valence-electron chi connectivity index (χ3n) is 3.78. The van der Waals surface area contributed by atoms with Crippen LogP contribution < -0.4 is 4.74 Å². The highest BCUT2D eigenvalue weighted by Gasteiger charge is 2.33. The molecule has 0 fully saturated rings. The standard InChI is InChI=1S/C17H13F3N4O4/c1-28-11-2-3-13(25)12(6-11)16(27)10-7-21-24(8-10)15(26)9-23-5-4-14(22-23)17(18,19)20/h2-8,25H,9H2,1H3. The van der Waals surface area contributed by atoms with Gasteiger partial charge in [0.15, 0.2) is 11.5 Å². The number of aromatic hydroxyl groups is 1. The Kier molecular flexibility index (Phi) is 4.91. The summed E-state index contributed by atoms with van der Waals surface area (Å²) in [6.07, 6.45) is -1.36. The summed E-state index contributed by atoms with van der Waals surface area (Å²) in [4.78, 5) is 24.7. The molecule has 0 atom stereocenters. The van der Waals surface area contributed by atoms with Crippen LogP contribution in [-0.2, 0) is 12.7 Å². The van der Waals surface area contributed by atoms with Gasteiger partial charge < -0.3 is 9.84 Å². The second-order valence-electron chi connectivity index (χ2n) is 5.68. The number of benzene rings is 1. The minimum atomic E-state index is -4.61. The molecule has 0 amide bonds. The Morgan fingerprint density at radius 3 is 2.64 bits per heavy atom. The molecule has 0 saturated carbocycles. The molecule has 2 aromatic heterocycles. The first-order valence-electron chi connectivity index (χ1n) is 7.79. The normalized spacial score (nSPS) is 11.4. The topological polar surface area (TPSA) is 99.2 Å². The summed E-state index contributed by atoms with van der Waals surface area (Å²) in [6, 6.07) is 4.84. The monoisotopic (exact) mass is 394 g/mol. The third-order valence-corrected chi connectivity index (χ3v) is 3.78. The molecule has 0 saturated heterocycles. The van der Waals surface area contributed by atoms with Crippen LogP contribution in [0.1, 0.15) is 26.4 Å². The van der Waals surface area contributed by atoms with Crippen LogP contribution in [0.15, 0.2) is 42.9 Å². The van der Waals surface area contributed by atoms with E-state index in [0.717, 1.165) is 34.0 Å². The molecule has 3 rings (SSSR count). The third kappa shape index (κ3) is 3.87. The van der Waals surface area contributed by atoms with Gasteiger partial charge in [-0.3, -0.25) is 14.3 Å². The number of hydrogen-bond donors (Lipinski definition) is 1. The van der Waals surface area contributed by atoms with Crippen molar-refractivity contribution in [1.82, 2.24) is 19.6 Å². The number of hydrogen-bond acceptors (Lipinski definition) is 6. The van der Waals surface area contributed by atoms with Crippen LogP contribution in [0.5, 0.6) is 11.5 Å². The summed E-state index contributed by atoms with van der Waals surface area (Å²) in [6.45, 7) is -0.504. The van der Waals surface area contributed by atoms with Crippen molar-refractivity contribution in [3.63, 3.8) is 0 Å². The Morgan fingerprint density at radius 1 is 1.25 bits per heavy atom. The molecule has 2 heterocycles. The molecular weight excluding hydrogens is 381 g/mol. The molecule has 1 N–H and O–H groups in total. The summed E-state index contributed by atoms with van der Waals surface area (Å²) in [5.41, 5.74) is -1.16. The van der Waals surface area contributed by atoms with E-state index >= 15 is 0 Å². The highest BCUT2D eigenvalue weighted by atomic mass is 19.4. The quantitative estimate of drug-likeness (QED) is 0.667. The van der Waals surface area contributed by atoms with Crippen molar-refractivity contribution >= 4 is 11.7 Å². The van der Waals surface area contributed by atoms with Crippen LogP contribution in [0.3, 0.4) is 0 Å². The fourth-order valence-corrected chi connectivity index (χ4v) is 2.37. The average molecular weight is 394 g/mol. The maximum absolute atomic E-state index is 12.6. The lowest BCUT2D eigenvalue weighted by Gasteiger charge is -2.05. The number of ether oxygens (including phenoxy) is 1. The number of methoxy groups -OCH3 is 1. The van der Waals surface area contributed by atoms with Gasteiger partial charge in [0, 0.05) is 12.4 Å². The van der Waals surface area contributed by atoms with E-state index in [9.17, 15) is 27.9 Å². The van der Waals surface area contributed by atoms with Gasteiger partial charge >= 0.3 is 6.18 Å². The van der Waals surface area contributed by atoms with E-state index in [1.54, 1.807) is 0 Å². The molecule has 146 valence electrons. The van der Waals surface area contributed by atoms with Crippen LogP contribution in [0, 0.1) is 0 Å². The number of rotatable bonds is 5. The zero-order chi connectivity index (χ0) is 20.5. The van der Waals surface area contributed by atoms with E-state index in [4.69, 9.17) is 4.74 Å². The predicted octanol–water partition coefficient (Wildman–Crippen LogP) is 2.38. The van der Waals surface area contributed by atoms with Crippen molar-refractivity contribution in [3.8, 4) is 11.5 Å². The molecule has 3 aromatic rings. The fraction of sp³-hybridized carbons (Fsp3) is 0.176. The maximum Gasteiger partial charge on any atom is 0.435 e. The van der Waals surface area contributed by atoms with Gasteiger partial charge in [-0.2, -0.15) is 23.4 Å². The van der Waals surface area contributed by atoms with Crippen molar-refractivity contribution in [2.45, 2.75) is 12.7 Å². The summed E-state index contributed by atoms with van der Waals surface area (Å²) in [7, 11) is 1.40. The first-order valence-corrected chi connectivity index (χ1v) is 7.79. The molecule has 0 bridgehead atoms. The average Bonchev–Trinajstić information content (AvgIpc) is 3.31. The van der Waals surface area contributed by atoms with E-state index in [2.05, 4.69) is 10.2 Å². The number of alkyl halides is 3. The highest BCUT2D eigenvalue weighted by molar-refractivity contribution is 6.10. The molecule has 0 unspecified atom stereocenters. The van der Waals surface area contributed by atoms with Crippen LogP contribution in [-0.4, -0.2) is 43.5 Å². The second kappa shape index (κ2) is 7.18. The summed E-state index contributed by atoms with van der Waals surface area (Å²) < 4.78 is 44.3. The molecule has 0 aliphatic heterocycles. The Hall–Kier alpha value is -3.63. The molecule has 0 aliphatic carbocycles. The van der Waals surface area contributed by atoms with Gasteiger partial charge in [-0.1, -0.05) is 0 Å². The molecule has 28 heavy (non-hydrogen) atoms. The van der Waals surface area contributed by atoms with Gasteiger partial charge in [0.2, 0.25) is 0 Å². The van der Waals surface area contributed by atoms with E-state index in [-0.39, 0.29) is 16.9 Å². The number of nitrogens with zero attached hydrogens (tertiary/aromatic N) is 4. The molecule has 0 aliphatic rings. The molecule has 0 spiro atoms. The summed E-state index contributed by atoms with van der Waals surface area (Å²) in [5.74, 6) is -1.23. The van der Waals surface area contributed by atoms with Gasteiger partial charge in [0.25, 0.3) is 5.91 Å². The van der Waals surface area contributed by atoms with Crippen molar-refractivity contribution in [2.75, 3.05) is 7.11 Å². The Morgan fingerprint density at radius 2 is 2.00 bits per heavy atom. The zero-order valence-electron chi connectivity index (χ0n) is 14.3. The van der Waals surface area contributed by atoms with Crippen LogP contribution in [0.4, 0.5) is 13.2 Å². The fourth-order valence-electron chi connectivity index (χ4n) is 2.37. The second-order valence-corrected chi connectivity index (χ2v) is 5.68. The van der Waals surface area contributed by atoms with Crippen LogP contribution >= 0.6 is 0 Å². The van der Waals surface area contributed by atoms with Crippen molar-refractivity contribution in [2.24, 2.45) is 0 Å². The minimum Gasteiger partial charge on any atom is -0.507 e. The van der Waals surface area contributed by atoms with Crippen molar-refractivity contribution in [3.05, 3.63) is 59.7 Å². The number of phenolic OH excluding ortho intramolecular Hbond substituents is 1. The Labute approximate surface area is 155 Å². The molecule has 8 nitrogen and oxygen atoms in total. The molecule has 0 radical (unpaired) electrons. The van der Waals surface area contributed by atoms with Crippen LogP contribution in [0.2, 0.25) is 0 Å². The lowest BCUT2D eigenvalue weighted by Crippen LogP contribution is -2.19. The largest absolute Gasteiger partial charge is 0.507 e. The number of ketones is 1. The zero-order valence-corrected chi connectivity index (χ0v) is 14.3. The molecular formula is C17H13F3N4O4. The smallest absolute Gasteiger partial charge is 0.435 e. The van der Waals surface area contributed by atoms with Gasteiger partial charge in [-0.15, -0.1) is 0 Å². The Balaban J connectivity index is 1.77. The summed E-state index contributed by atoms with van der Waals surface area (Å²) in [5, 5.41) is 16.9. The first-order chi connectivity index (χ1) is 13.2. The number of carbonyl (C=O) groups excluding carboxylic acids is 2. The van der Waals surface area contributed by atoms with Gasteiger partial charge in [0.1, 0.15) is 18.0 Å². The number of carbonyl (C=O) groups is 2.